The van der Waals surface area contributed by atoms with Crippen molar-refractivity contribution >= 4 is 0 Å². The molecule has 2 nitrogen and oxygen atoms in total. The Morgan fingerprint density at radius 1 is 1.17 bits per heavy atom. The third kappa shape index (κ3) is 2.84. The Bertz CT molecular complexity index is 413. The van der Waals surface area contributed by atoms with Gasteiger partial charge in [0.25, 0.3) is 0 Å². The number of nitrogens with zero attached hydrogens (tertiary/aromatic N) is 2. The number of likely N-dealkylation sites (N-methyl/N-ethyl adjacent to an activating group) is 1. The minimum absolute atomic E-state index is 0.411. The Hall–Kier alpha value is -1.07. The Labute approximate surface area is 105 Å². The fourth-order valence-corrected chi connectivity index (χ4v) is 2.22. The first kappa shape index (κ1) is 13.4. The van der Waals surface area contributed by atoms with Crippen LogP contribution in [0.4, 0.5) is 13.2 Å². The lowest BCUT2D eigenvalue weighted by molar-refractivity contribution is 0.0998. The molecule has 100 valence electrons. The molecule has 1 aromatic rings. The van der Waals surface area contributed by atoms with Crippen molar-refractivity contribution in [1.29, 1.82) is 0 Å². The minimum atomic E-state index is -1.40. The van der Waals surface area contributed by atoms with E-state index < -0.39 is 17.5 Å². The van der Waals surface area contributed by atoms with Gasteiger partial charge in [0, 0.05) is 32.2 Å². The van der Waals surface area contributed by atoms with Crippen LogP contribution in [0, 0.1) is 17.5 Å². The number of benzene rings is 1. The smallest absolute Gasteiger partial charge is 0.194 e. The van der Waals surface area contributed by atoms with Crippen LogP contribution in [-0.4, -0.2) is 42.5 Å². The molecule has 1 aliphatic heterocycles. The molecular weight excluding hydrogens is 241 g/mol. The Morgan fingerprint density at radius 3 is 2.33 bits per heavy atom. The second-order valence-electron chi connectivity index (χ2n) is 4.94. The first-order valence-electron chi connectivity index (χ1n) is 6.03. The summed E-state index contributed by atoms with van der Waals surface area (Å²) in [5.41, 5.74) is 0.475. The third-order valence-corrected chi connectivity index (χ3v) is 3.49. The maximum atomic E-state index is 13.1. The quantitative estimate of drug-likeness (QED) is 0.751. The summed E-state index contributed by atoms with van der Waals surface area (Å²) in [6, 6.07) is 2.55. The molecule has 1 unspecified atom stereocenters. The van der Waals surface area contributed by atoms with E-state index in [0.29, 0.717) is 18.2 Å². The Morgan fingerprint density at radius 2 is 1.78 bits per heavy atom. The van der Waals surface area contributed by atoms with E-state index in [4.69, 9.17) is 0 Å². The van der Waals surface area contributed by atoms with Gasteiger partial charge in [-0.2, -0.15) is 0 Å². The molecule has 0 radical (unpaired) electrons. The van der Waals surface area contributed by atoms with E-state index in [1.165, 1.54) is 0 Å². The Balaban J connectivity index is 2.06. The third-order valence-electron chi connectivity index (χ3n) is 3.49. The number of hydrogen-bond acceptors (Lipinski definition) is 2. The van der Waals surface area contributed by atoms with Crippen molar-refractivity contribution in [2.75, 3.05) is 26.7 Å². The van der Waals surface area contributed by atoms with Gasteiger partial charge in [-0.1, -0.05) is 0 Å². The van der Waals surface area contributed by atoms with E-state index in [0.717, 1.165) is 31.8 Å². The highest BCUT2D eigenvalue weighted by Crippen LogP contribution is 2.16. The summed E-state index contributed by atoms with van der Waals surface area (Å²) in [5.74, 6) is -3.63. The van der Waals surface area contributed by atoms with Crippen molar-refractivity contribution in [1.82, 2.24) is 9.80 Å². The average molecular weight is 258 g/mol. The molecule has 5 heteroatoms. The van der Waals surface area contributed by atoms with Gasteiger partial charge in [0.05, 0.1) is 0 Å². The van der Waals surface area contributed by atoms with Crippen molar-refractivity contribution in [2.24, 2.45) is 0 Å². The van der Waals surface area contributed by atoms with Gasteiger partial charge < -0.3 is 4.90 Å². The number of halogens is 3. The second kappa shape index (κ2) is 5.28. The molecule has 0 N–H and O–H groups in total. The van der Waals surface area contributed by atoms with Gasteiger partial charge in [-0.3, -0.25) is 4.90 Å². The summed E-state index contributed by atoms with van der Waals surface area (Å²) in [6.07, 6.45) is 0. The number of rotatable bonds is 2. The highest BCUT2D eigenvalue weighted by molar-refractivity contribution is 5.19. The van der Waals surface area contributed by atoms with Crippen LogP contribution in [0.25, 0.3) is 0 Å². The van der Waals surface area contributed by atoms with E-state index in [-0.39, 0.29) is 0 Å². The van der Waals surface area contributed by atoms with E-state index in [2.05, 4.69) is 23.8 Å². The molecule has 2 rings (SSSR count). The van der Waals surface area contributed by atoms with E-state index in [1.54, 1.807) is 0 Å². The molecule has 0 aliphatic carbocycles. The van der Waals surface area contributed by atoms with Gasteiger partial charge in [-0.05, 0) is 31.7 Å². The SMILES string of the molecule is CC1CN(Cc2cc(F)c(F)c(F)c2)CCN1C. The number of hydrogen-bond donors (Lipinski definition) is 0. The summed E-state index contributed by atoms with van der Waals surface area (Å²) in [7, 11) is 2.05. The first-order chi connectivity index (χ1) is 8.47. The predicted octanol–water partition coefficient (Wildman–Crippen LogP) is 2.24. The first-order valence-corrected chi connectivity index (χ1v) is 6.03. The summed E-state index contributed by atoms with van der Waals surface area (Å²) in [6.45, 7) is 5.18. The van der Waals surface area contributed by atoms with Crippen LogP contribution in [0.15, 0.2) is 12.1 Å². The van der Waals surface area contributed by atoms with Crippen LogP contribution in [0.3, 0.4) is 0 Å². The summed E-state index contributed by atoms with van der Waals surface area (Å²) >= 11 is 0. The Kier molecular flexibility index (Phi) is 3.92. The normalized spacial score (nSPS) is 22.4. The zero-order valence-electron chi connectivity index (χ0n) is 10.6. The standard InChI is InChI=1S/C13H17F3N2/c1-9-7-18(4-3-17(9)2)8-10-5-11(14)13(16)12(15)6-10/h5-6,9H,3-4,7-8H2,1-2H3. The van der Waals surface area contributed by atoms with Crippen molar-refractivity contribution in [3.63, 3.8) is 0 Å². The van der Waals surface area contributed by atoms with Gasteiger partial charge >= 0.3 is 0 Å². The lowest BCUT2D eigenvalue weighted by Crippen LogP contribution is -2.49. The van der Waals surface area contributed by atoms with Crippen molar-refractivity contribution < 1.29 is 13.2 Å². The topological polar surface area (TPSA) is 6.48 Å². The zero-order chi connectivity index (χ0) is 13.3. The zero-order valence-corrected chi connectivity index (χ0v) is 10.6. The van der Waals surface area contributed by atoms with Crippen molar-refractivity contribution in [3.8, 4) is 0 Å². The van der Waals surface area contributed by atoms with Crippen LogP contribution in [-0.2, 0) is 6.54 Å². The molecule has 0 spiro atoms. The monoisotopic (exact) mass is 258 g/mol. The van der Waals surface area contributed by atoms with Gasteiger partial charge in [0.2, 0.25) is 0 Å². The lowest BCUT2D eigenvalue weighted by atomic mass is 10.1. The molecular formula is C13H17F3N2. The van der Waals surface area contributed by atoms with Crippen molar-refractivity contribution in [2.45, 2.75) is 19.5 Å². The second-order valence-corrected chi connectivity index (χ2v) is 4.94. The van der Waals surface area contributed by atoms with Crippen molar-refractivity contribution in [3.05, 3.63) is 35.1 Å². The minimum Gasteiger partial charge on any atom is -0.301 e. The van der Waals surface area contributed by atoms with Crippen LogP contribution >= 0.6 is 0 Å². The average Bonchev–Trinajstić information content (AvgIpc) is 2.31. The van der Waals surface area contributed by atoms with E-state index >= 15 is 0 Å². The molecule has 1 aromatic carbocycles. The molecule has 1 heterocycles. The molecule has 18 heavy (non-hydrogen) atoms. The summed E-state index contributed by atoms with van der Waals surface area (Å²) in [5, 5.41) is 0. The maximum Gasteiger partial charge on any atom is 0.194 e. The van der Waals surface area contributed by atoms with Gasteiger partial charge in [-0.25, -0.2) is 13.2 Å². The van der Waals surface area contributed by atoms with Gasteiger partial charge in [-0.15, -0.1) is 0 Å². The molecule has 1 fully saturated rings. The highest BCUT2D eigenvalue weighted by Gasteiger charge is 2.21. The van der Waals surface area contributed by atoms with Crippen LogP contribution < -0.4 is 0 Å². The molecule has 0 amide bonds. The molecule has 1 saturated heterocycles. The van der Waals surface area contributed by atoms with Crippen LogP contribution in [0.5, 0.6) is 0 Å². The number of piperazine rings is 1. The lowest BCUT2D eigenvalue weighted by Gasteiger charge is -2.37. The highest BCUT2D eigenvalue weighted by atomic mass is 19.2. The fourth-order valence-electron chi connectivity index (χ4n) is 2.22. The van der Waals surface area contributed by atoms with E-state index in [9.17, 15) is 13.2 Å². The summed E-state index contributed by atoms with van der Waals surface area (Å²) in [4.78, 5) is 4.36. The molecule has 0 saturated carbocycles. The molecule has 1 aliphatic rings. The fraction of sp³-hybridized carbons (Fsp3) is 0.538. The molecule has 0 aromatic heterocycles. The van der Waals surface area contributed by atoms with Crippen LogP contribution in [0.1, 0.15) is 12.5 Å². The summed E-state index contributed by atoms with van der Waals surface area (Å²) < 4.78 is 39.0. The van der Waals surface area contributed by atoms with Crippen LogP contribution in [0.2, 0.25) is 0 Å². The van der Waals surface area contributed by atoms with Gasteiger partial charge in [0.15, 0.2) is 17.5 Å². The molecule has 0 bridgehead atoms. The van der Waals surface area contributed by atoms with E-state index in [1.807, 2.05) is 0 Å². The van der Waals surface area contributed by atoms with Gasteiger partial charge in [0.1, 0.15) is 0 Å². The maximum absolute atomic E-state index is 13.1. The predicted molar refractivity (Wildman–Crippen MR) is 63.7 cm³/mol. The molecule has 1 atom stereocenters. The largest absolute Gasteiger partial charge is 0.301 e.